The fourth-order valence-corrected chi connectivity index (χ4v) is 6.79. The van der Waals surface area contributed by atoms with Crippen molar-refractivity contribution in [1.29, 1.82) is 0 Å². The van der Waals surface area contributed by atoms with Gasteiger partial charge in [0.25, 0.3) is 0 Å². The zero-order valence-electron chi connectivity index (χ0n) is 21.2. The van der Waals surface area contributed by atoms with Gasteiger partial charge in [0.05, 0.1) is 5.92 Å². The Kier molecular flexibility index (Phi) is 7.57. The molecule has 1 aromatic carbocycles. The molecule has 1 atom stereocenters. The molecule has 2 saturated heterocycles. The van der Waals surface area contributed by atoms with E-state index in [1.54, 1.807) is 31.3 Å². The zero-order chi connectivity index (χ0) is 26.7. The maximum absolute atomic E-state index is 14.0. The number of nitrogens with zero attached hydrogens (tertiary/aromatic N) is 5. The number of amides is 1. The first kappa shape index (κ1) is 26.1. The molecule has 5 rings (SSSR count). The number of hydrogen-bond donors (Lipinski definition) is 0. The Labute approximate surface area is 221 Å². The number of aromatic nitrogens is 2. The molecule has 38 heavy (non-hydrogen) atoms. The molecule has 4 heterocycles. The van der Waals surface area contributed by atoms with Gasteiger partial charge >= 0.3 is 0 Å². The highest BCUT2D eigenvalue weighted by molar-refractivity contribution is 7.89. The van der Waals surface area contributed by atoms with Crippen LogP contribution in [-0.2, 0) is 14.8 Å². The first-order valence-electron chi connectivity index (χ1n) is 12.7. The molecule has 2 fully saturated rings. The highest BCUT2D eigenvalue weighted by Crippen LogP contribution is 2.30. The van der Waals surface area contributed by atoms with E-state index in [2.05, 4.69) is 15.0 Å². The summed E-state index contributed by atoms with van der Waals surface area (Å²) in [5.41, 5.74) is 0.522. The largest absolute Gasteiger partial charge is 0.355 e. The summed E-state index contributed by atoms with van der Waals surface area (Å²) < 4.78 is 48.1. The predicted molar refractivity (Wildman–Crippen MR) is 141 cm³/mol. The minimum absolute atomic E-state index is 0.0210. The Morgan fingerprint density at radius 3 is 2.55 bits per heavy atom. The van der Waals surface area contributed by atoms with Crippen molar-refractivity contribution < 1.29 is 22.1 Å². The number of rotatable bonds is 6. The number of pyridine rings is 1. The van der Waals surface area contributed by atoms with Gasteiger partial charge in [-0.2, -0.15) is 4.31 Å². The van der Waals surface area contributed by atoms with Crippen molar-refractivity contribution in [2.45, 2.75) is 24.7 Å². The van der Waals surface area contributed by atoms with E-state index in [0.717, 1.165) is 5.82 Å². The molecule has 0 N–H and O–H groups in total. The third-order valence-electron chi connectivity index (χ3n) is 7.05. The third-order valence-corrected chi connectivity index (χ3v) is 9.07. The van der Waals surface area contributed by atoms with E-state index in [1.807, 2.05) is 23.1 Å². The minimum atomic E-state index is -3.99. The van der Waals surface area contributed by atoms with E-state index >= 15 is 0 Å². The van der Waals surface area contributed by atoms with E-state index < -0.39 is 21.8 Å². The topological polar surface area (TPSA) is 99.8 Å². The van der Waals surface area contributed by atoms with E-state index in [0.29, 0.717) is 51.1 Å². The lowest BCUT2D eigenvalue weighted by Crippen LogP contribution is -2.53. The normalized spacial score (nSPS) is 19.3. The third kappa shape index (κ3) is 5.34. The summed E-state index contributed by atoms with van der Waals surface area (Å²) in [7, 11) is -3.99. The number of anilines is 1. The summed E-state index contributed by atoms with van der Waals surface area (Å²) >= 11 is 0. The van der Waals surface area contributed by atoms with Gasteiger partial charge in [-0.25, -0.2) is 17.8 Å². The highest BCUT2D eigenvalue weighted by Gasteiger charge is 2.38. The summed E-state index contributed by atoms with van der Waals surface area (Å²) in [6.45, 7) is 4.45. The van der Waals surface area contributed by atoms with Crippen LogP contribution in [0.3, 0.4) is 0 Å². The number of sulfonamides is 1. The van der Waals surface area contributed by atoms with Gasteiger partial charge in [0.15, 0.2) is 10.7 Å². The molecular formula is C27H30FN5O4S. The van der Waals surface area contributed by atoms with E-state index in [9.17, 15) is 17.6 Å². The molecule has 0 unspecified atom stereocenters. The van der Waals surface area contributed by atoms with Gasteiger partial charge in [-0.1, -0.05) is 29.4 Å². The quantitative estimate of drug-likeness (QED) is 0.473. The van der Waals surface area contributed by atoms with E-state index in [1.165, 1.54) is 22.5 Å². The first-order valence-corrected chi connectivity index (χ1v) is 14.1. The molecular weight excluding hydrogens is 509 g/mol. The van der Waals surface area contributed by atoms with Gasteiger partial charge in [-0.3, -0.25) is 4.79 Å². The van der Waals surface area contributed by atoms with Crippen LogP contribution in [-0.4, -0.2) is 72.9 Å². The molecule has 11 heteroatoms. The van der Waals surface area contributed by atoms with Crippen LogP contribution in [0.5, 0.6) is 0 Å². The molecule has 3 aromatic rings. The van der Waals surface area contributed by atoms with Crippen LogP contribution in [0.25, 0.3) is 12.2 Å². The van der Waals surface area contributed by atoms with Crippen molar-refractivity contribution in [1.82, 2.24) is 19.3 Å². The lowest BCUT2D eigenvalue weighted by molar-refractivity contribution is -0.137. The van der Waals surface area contributed by atoms with Crippen LogP contribution in [0.15, 0.2) is 58.1 Å². The second-order valence-corrected chi connectivity index (χ2v) is 11.4. The first-order chi connectivity index (χ1) is 18.3. The SMILES string of the molecule is Cc1noc(/C=C/c2ccccc2F)c1S(=O)(=O)N1CCC[C@@H](C(=O)N2CCN(c3ccccn3)CC2)C1. The summed E-state index contributed by atoms with van der Waals surface area (Å²) in [5.74, 6) is 0.0516. The van der Waals surface area contributed by atoms with Crippen molar-refractivity contribution in [2.75, 3.05) is 44.2 Å². The van der Waals surface area contributed by atoms with Crippen LogP contribution < -0.4 is 4.90 Å². The molecule has 9 nitrogen and oxygen atoms in total. The predicted octanol–water partition coefficient (Wildman–Crippen LogP) is 3.44. The second kappa shape index (κ2) is 11.0. The Morgan fingerprint density at radius 1 is 1.05 bits per heavy atom. The van der Waals surface area contributed by atoms with Crippen molar-refractivity contribution in [2.24, 2.45) is 5.92 Å². The van der Waals surface area contributed by atoms with Crippen LogP contribution in [0.2, 0.25) is 0 Å². The zero-order valence-corrected chi connectivity index (χ0v) is 22.0. The highest BCUT2D eigenvalue weighted by atomic mass is 32.2. The molecule has 0 bridgehead atoms. The number of piperidine rings is 1. The molecule has 1 amide bonds. The number of aryl methyl sites for hydroxylation is 1. The fourth-order valence-electron chi connectivity index (χ4n) is 5.02. The molecule has 0 spiro atoms. The van der Waals surface area contributed by atoms with Gasteiger partial charge in [0.2, 0.25) is 15.9 Å². The van der Waals surface area contributed by atoms with Crippen LogP contribution >= 0.6 is 0 Å². The smallest absolute Gasteiger partial charge is 0.248 e. The molecule has 0 saturated carbocycles. The Hall–Kier alpha value is -3.57. The number of carbonyl (C=O) groups excluding carboxylic acids is 1. The van der Waals surface area contributed by atoms with Crippen molar-refractivity contribution in [3.05, 3.63) is 71.5 Å². The molecule has 2 aromatic heterocycles. The van der Waals surface area contributed by atoms with Crippen LogP contribution in [0.4, 0.5) is 10.2 Å². The molecule has 0 radical (unpaired) electrons. The van der Waals surface area contributed by atoms with E-state index in [4.69, 9.17) is 4.52 Å². The Balaban J connectivity index is 1.28. The summed E-state index contributed by atoms with van der Waals surface area (Å²) in [4.78, 5) is 21.7. The number of piperazine rings is 1. The Bertz CT molecular complexity index is 1420. The number of hydrogen-bond acceptors (Lipinski definition) is 7. The average Bonchev–Trinajstić information content (AvgIpc) is 3.33. The molecule has 200 valence electrons. The van der Waals surface area contributed by atoms with Gasteiger partial charge in [-0.05, 0) is 50.1 Å². The second-order valence-electron chi connectivity index (χ2n) is 9.52. The summed E-state index contributed by atoms with van der Waals surface area (Å²) in [6, 6.07) is 11.9. The monoisotopic (exact) mass is 539 g/mol. The average molecular weight is 540 g/mol. The standard InChI is InChI=1S/C27H30FN5O4S/c1-20-26(24(37-30-20)12-11-21-7-2-3-9-23(21)28)38(35,36)33-14-6-8-22(19-33)27(34)32-17-15-31(16-18-32)25-10-4-5-13-29-25/h2-5,7,9-13,22H,6,8,14-19H2,1H3/b12-11+/t22-/m1/s1. The number of halogens is 1. The van der Waals surface area contributed by atoms with Crippen LogP contribution in [0.1, 0.15) is 29.9 Å². The lowest BCUT2D eigenvalue weighted by Gasteiger charge is -2.39. The fraction of sp³-hybridized carbons (Fsp3) is 0.370. The van der Waals surface area contributed by atoms with Crippen molar-refractivity contribution in [3.8, 4) is 0 Å². The molecule has 2 aliphatic rings. The summed E-state index contributed by atoms with van der Waals surface area (Å²) in [5, 5.41) is 3.86. The maximum Gasteiger partial charge on any atom is 0.248 e. The number of carbonyl (C=O) groups is 1. The lowest BCUT2D eigenvalue weighted by atomic mass is 9.98. The van der Waals surface area contributed by atoms with Gasteiger partial charge in [-0.15, -0.1) is 0 Å². The maximum atomic E-state index is 14.0. The molecule has 0 aliphatic carbocycles. The minimum Gasteiger partial charge on any atom is -0.355 e. The van der Waals surface area contributed by atoms with Crippen molar-refractivity contribution >= 4 is 33.9 Å². The van der Waals surface area contributed by atoms with E-state index in [-0.39, 0.29) is 28.8 Å². The summed E-state index contributed by atoms with van der Waals surface area (Å²) in [6.07, 6.45) is 5.84. The van der Waals surface area contributed by atoms with Gasteiger partial charge in [0.1, 0.15) is 17.3 Å². The van der Waals surface area contributed by atoms with Gasteiger partial charge < -0.3 is 14.3 Å². The van der Waals surface area contributed by atoms with Crippen LogP contribution in [0, 0.1) is 18.7 Å². The Morgan fingerprint density at radius 2 is 1.82 bits per heavy atom. The van der Waals surface area contributed by atoms with Gasteiger partial charge in [0, 0.05) is 51.0 Å². The van der Waals surface area contributed by atoms with Crippen molar-refractivity contribution in [3.63, 3.8) is 0 Å². The number of benzene rings is 1. The molecule has 2 aliphatic heterocycles.